The van der Waals surface area contributed by atoms with Crippen molar-refractivity contribution in [2.45, 2.75) is 26.9 Å². The Morgan fingerprint density at radius 1 is 1.00 bits per heavy atom. The fraction of sp³-hybridized carbons (Fsp3) is 0.333. The predicted molar refractivity (Wildman–Crippen MR) is 88.8 cm³/mol. The molecular formula is C18H22ClNO. The van der Waals surface area contributed by atoms with Crippen molar-refractivity contribution in [3.8, 4) is 5.75 Å². The van der Waals surface area contributed by atoms with Crippen LogP contribution in [0.1, 0.15) is 25.0 Å². The van der Waals surface area contributed by atoms with Gasteiger partial charge in [0.1, 0.15) is 5.75 Å². The molecular weight excluding hydrogens is 282 g/mol. The minimum absolute atomic E-state index is 0.543. The molecule has 0 bridgehead atoms. The zero-order chi connectivity index (χ0) is 15.1. The molecule has 0 aliphatic rings. The van der Waals surface area contributed by atoms with E-state index in [0.717, 1.165) is 36.0 Å². The maximum absolute atomic E-state index is 6.13. The monoisotopic (exact) mass is 303 g/mol. The summed E-state index contributed by atoms with van der Waals surface area (Å²) in [5, 5.41) is 4.21. The molecule has 2 aromatic carbocycles. The number of nitrogens with one attached hydrogen (secondary N) is 1. The lowest BCUT2D eigenvalue weighted by Crippen LogP contribution is -2.13. The first-order chi connectivity index (χ1) is 10.1. The van der Waals surface area contributed by atoms with Crippen molar-refractivity contribution in [3.63, 3.8) is 0 Å². The number of hydrogen-bond donors (Lipinski definition) is 1. The third kappa shape index (κ3) is 5.41. The lowest BCUT2D eigenvalue weighted by Gasteiger charge is -2.10. The quantitative estimate of drug-likeness (QED) is 0.803. The molecule has 2 rings (SSSR count). The van der Waals surface area contributed by atoms with Crippen molar-refractivity contribution in [2.24, 2.45) is 5.92 Å². The summed E-state index contributed by atoms with van der Waals surface area (Å²) < 4.78 is 5.67. The SMILES string of the molecule is CC(C)COc1ccc(CNCc2ccccc2Cl)cc1. The molecule has 0 aromatic heterocycles. The van der Waals surface area contributed by atoms with E-state index in [9.17, 15) is 0 Å². The largest absolute Gasteiger partial charge is 0.493 e. The first-order valence-corrected chi connectivity index (χ1v) is 7.69. The van der Waals surface area contributed by atoms with Crippen molar-refractivity contribution in [1.82, 2.24) is 5.32 Å². The Morgan fingerprint density at radius 3 is 2.38 bits per heavy atom. The molecule has 0 saturated carbocycles. The average Bonchev–Trinajstić information content (AvgIpc) is 2.48. The summed E-state index contributed by atoms with van der Waals surface area (Å²) in [6.07, 6.45) is 0. The van der Waals surface area contributed by atoms with Crippen LogP contribution in [0.5, 0.6) is 5.75 Å². The summed E-state index contributed by atoms with van der Waals surface area (Å²) in [5.41, 5.74) is 2.36. The van der Waals surface area contributed by atoms with Crippen LogP contribution in [-0.4, -0.2) is 6.61 Å². The molecule has 0 unspecified atom stereocenters. The van der Waals surface area contributed by atoms with Gasteiger partial charge in [0, 0.05) is 18.1 Å². The maximum atomic E-state index is 6.13. The molecule has 1 N–H and O–H groups in total. The summed E-state index contributed by atoms with van der Waals surface area (Å²) in [6.45, 7) is 6.63. The second-order valence-electron chi connectivity index (χ2n) is 5.54. The van der Waals surface area contributed by atoms with Crippen LogP contribution in [0.3, 0.4) is 0 Å². The van der Waals surface area contributed by atoms with Crippen molar-refractivity contribution >= 4 is 11.6 Å². The van der Waals surface area contributed by atoms with Crippen molar-refractivity contribution in [3.05, 3.63) is 64.7 Å². The van der Waals surface area contributed by atoms with Gasteiger partial charge in [-0.05, 0) is 35.2 Å². The lowest BCUT2D eigenvalue weighted by atomic mass is 10.2. The normalized spacial score (nSPS) is 10.9. The van der Waals surface area contributed by atoms with E-state index in [4.69, 9.17) is 16.3 Å². The van der Waals surface area contributed by atoms with Crippen LogP contribution in [0.2, 0.25) is 5.02 Å². The molecule has 0 heterocycles. The zero-order valence-corrected chi connectivity index (χ0v) is 13.4. The van der Waals surface area contributed by atoms with Gasteiger partial charge in [0.15, 0.2) is 0 Å². The Bertz CT molecular complexity index is 551. The number of hydrogen-bond acceptors (Lipinski definition) is 2. The zero-order valence-electron chi connectivity index (χ0n) is 12.6. The number of rotatable bonds is 7. The number of halogens is 1. The second-order valence-corrected chi connectivity index (χ2v) is 5.95. The van der Waals surface area contributed by atoms with E-state index in [1.165, 1.54) is 5.56 Å². The fourth-order valence-corrected chi connectivity index (χ4v) is 2.15. The highest BCUT2D eigenvalue weighted by Gasteiger charge is 2.00. The molecule has 0 amide bonds. The molecule has 21 heavy (non-hydrogen) atoms. The van der Waals surface area contributed by atoms with E-state index in [2.05, 4.69) is 31.3 Å². The van der Waals surface area contributed by atoms with Gasteiger partial charge in [0.2, 0.25) is 0 Å². The molecule has 112 valence electrons. The highest BCUT2D eigenvalue weighted by Crippen LogP contribution is 2.15. The predicted octanol–water partition coefficient (Wildman–Crippen LogP) is 4.66. The molecule has 2 aromatic rings. The molecule has 0 atom stereocenters. The molecule has 2 nitrogen and oxygen atoms in total. The molecule has 0 radical (unpaired) electrons. The van der Waals surface area contributed by atoms with Gasteiger partial charge >= 0.3 is 0 Å². The summed E-state index contributed by atoms with van der Waals surface area (Å²) in [7, 11) is 0. The van der Waals surface area contributed by atoms with E-state index in [1.807, 2.05) is 36.4 Å². The lowest BCUT2D eigenvalue weighted by molar-refractivity contribution is 0.271. The maximum Gasteiger partial charge on any atom is 0.119 e. The Balaban J connectivity index is 1.80. The van der Waals surface area contributed by atoms with Crippen molar-refractivity contribution in [2.75, 3.05) is 6.61 Å². The third-order valence-corrected chi connectivity index (χ3v) is 3.48. The van der Waals surface area contributed by atoms with Crippen molar-refractivity contribution in [1.29, 1.82) is 0 Å². The van der Waals surface area contributed by atoms with Crippen LogP contribution in [0.4, 0.5) is 0 Å². The average molecular weight is 304 g/mol. The van der Waals surface area contributed by atoms with E-state index < -0.39 is 0 Å². The molecule has 3 heteroatoms. The summed E-state index contributed by atoms with van der Waals surface area (Å²) in [5.74, 6) is 1.47. The molecule has 0 saturated heterocycles. The Morgan fingerprint density at radius 2 is 1.71 bits per heavy atom. The number of ether oxygens (including phenoxy) is 1. The highest BCUT2D eigenvalue weighted by molar-refractivity contribution is 6.31. The minimum atomic E-state index is 0.543. The summed E-state index contributed by atoms with van der Waals surface area (Å²) >= 11 is 6.13. The van der Waals surface area contributed by atoms with Gasteiger partial charge in [-0.1, -0.05) is 55.8 Å². The van der Waals surface area contributed by atoms with E-state index in [0.29, 0.717) is 5.92 Å². The van der Waals surface area contributed by atoms with Gasteiger partial charge in [-0.15, -0.1) is 0 Å². The number of benzene rings is 2. The van der Waals surface area contributed by atoms with Gasteiger partial charge in [-0.25, -0.2) is 0 Å². The topological polar surface area (TPSA) is 21.3 Å². The van der Waals surface area contributed by atoms with Crippen LogP contribution in [0.25, 0.3) is 0 Å². The third-order valence-electron chi connectivity index (χ3n) is 3.11. The Labute approximate surface area is 132 Å². The van der Waals surface area contributed by atoms with Gasteiger partial charge < -0.3 is 10.1 Å². The molecule has 0 fully saturated rings. The smallest absolute Gasteiger partial charge is 0.119 e. The minimum Gasteiger partial charge on any atom is -0.493 e. The van der Waals surface area contributed by atoms with E-state index >= 15 is 0 Å². The van der Waals surface area contributed by atoms with Crippen LogP contribution < -0.4 is 10.1 Å². The summed E-state index contributed by atoms with van der Waals surface area (Å²) in [4.78, 5) is 0. The van der Waals surface area contributed by atoms with Gasteiger partial charge in [-0.3, -0.25) is 0 Å². The first kappa shape index (κ1) is 15.9. The van der Waals surface area contributed by atoms with Crippen molar-refractivity contribution < 1.29 is 4.74 Å². The second kappa shape index (κ2) is 8.06. The highest BCUT2D eigenvalue weighted by atomic mass is 35.5. The van der Waals surface area contributed by atoms with Gasteiger partial charge in [0.25, 0.3) is 0 Å². The molecule has 0 aliphatic carbocycles. The van der Waals surface area contributed by atoms with E-state index in [1.54, 1.807) is 0 Å². The van der Waals surface area contributed by atoms with Gasteiger partial charge in [-0.2, -0.15) is 0 Å². The Kier molecular flexibility index (Phi) is 6.09. The Hall–Kier alpha value is -1.51. The molecule has 0 spiro atoms. The van der Waals surface area contributed by atoms with Crippen LogP contribution in [-0.2, 0) is 13.1 Å². The first-order valence-electron chi connectivity index (χ1n) is 7.31. The molecule has 0 aliphatic heterocycles. The van der Waals surface area contributed by atoms with Gasteiger partial charge in [0.05, 0.1) is 6.61 Å². The summed E-state index contributed by atoms with van der Waals surface area (Å²) in [6, 6.07) is 16.1. The fourth-order valence-electron chi connectivity index (χ4n) is 1.95. The van der Waals surface area contributed by atoms with Crippen LogP contribution in [0.15, 0.2) is 48.5 Å². The van der Waals surface area contributed by atoms with Crippen LogP contribution in [0, 0.1) is 5.92 Å². The standard InChI is InChI=1S/C18H22ClNO/c1-14(2)13-21-17-9-7-15(8-10-17)11-20-12-16-5-3-4-6-18(16)19/h3-10,14,20H,11-13H2,1-2H3. The van der Waals surface area contributed by atoms with Crippen LogP contribution >= 0.6 is 11.6 Å². The van der Waals surface area contributed by atoms with E-state index in [-0.39, 0.29) is 0 Å².